The quantitative estimate of drug-likeness (QED) is 0.514. The molecule has 2 rings (SSSR count). The number of ketones is 1. The number of rotatable bonds is 11. The van der Waals surface area contributed by atoms with Crippen molar-refractivity contribution in [1.82, 2.24) is 0 Å². The normalized spacial score (nSPS) is 10.4. The summed E-state index contributed by atoms with van der Waals surface area (Å²) in [6.07, 6.45) is 2.68. The molecular formula is C22H28O4. The third-order valence-corrected chi connectivity index (χ3v) is 3.73. The lowest BCUT2D eigenvalue weighted by molar-refractivity contribution is 0.103. The maximum Gasteiger partial charge on any atom is 0.200 e. The standard InChI is InChI=1S/C22H28O4/c1-4-13-24-17-11-12-19(21(16-17)26-15-6-3)22(23)18-9-7-8-10-20(18)25-14-5-2/h7-12,16H,4-6,13-15H2,1-3H3. The van der Waals surface area contributed by atoms with E-state index in [9.17, 15) is 4.79 Å². The monoisotopic (exact) mass is 356 g/mol. The molecule has 0 amide bonds. The molecule has 0 radical (unpaired) electrons. The van der Waals surface area contributed by atoms with E-state index in [1.54, 1.807) is 18.2 Å². The molecule has 0 fully saturated rings. The van der Waals surface area contributed by atoms with Crippen LogP contribution >= 0.6 is 0 Å². The van der Waals surface area contributed by atoms with Crippen molar-refractivity contribution < 1.29 is 19.0 Å². The third kappa shape index (κ3) is 5.25. The number of carbonyl (C=O) groups excluding carboxylic acids is 1. The van der Waals surface area contributed by atoms with Crippen LogP contribution in [0.4, 0.5) is 0 Å². The van der Waals surface area contributed by atoms with Gasteiger partial charge in [0.1, 0.15) is 17.2 Å². The van der Waals surface area contributed by atoms with Gasteiger partial charge in [0.2, 0.25) is 0 Å². The molecule has 4 nitrogen and oxygen atoms in total. The Morgan fingerprint density at radius 3 is 2.00 bits per heavy atom. The van der Waals surface area contributed by atoms with Crippen LogP contribution in [0.15, 0.2) is 42.5 Å². The van der Waals surface area contributed by atoms with Gasteiger partial charge in [-0.25, -0.2) is 0 Å². The van der Waals surface area contributed by atoms with Gasteiger partial charge in [-0.15, -0.1) is 0 Å². The maximum absolute atomic E-state index is 13.1. The summed E-state index contributed by atoms with van der Waals surface area (Å²) in [5.41, 5.74) is 1.07. The zero-order valence-corrected chi connectivity index (χ0v) is 15.9. The highest BCUT2D eigenvalue weighted by Gasteiger charge is 2.19. The molecule has 0 spiro atoms. The van der Waals surface area contributed by atoms with E-state index in [1.807, 2.05) is 38.1 Å². The van der Waals surface area contributed by atoms with Crippen LogP contribution in [0.25, 0.3) is 0 Å². The Bertz CT molecular complexity index is 709. The molecule has 0 saturated carbocycles. The average Bonchev–Trinajstić information content (AvgIpc) is 2.68. The molecule has 0 unspecified atom stereocenters. The highest BCUT2D eigenvalue weighted by atomic mass is 16.5. The molecule has 0 saturated heterocycles. The molecule has 4 heteroatoms. The largest absolute Gasteiger partial charge is 0.493 e. The summed E-state index contributed by atoms with van der Waals surface area (Å²) in [6.45, 7) is 7.88. The topological polar surface area (TPSA) is 44.8 Å². The first-order valence-electron chi connectivity index (χ1n) is 9.37. The minimum absolute atomic E-state index is 0.107. The van der Waals surface area contributed by atoms with Gasteiger partial charge < -0.3 is 14.2 Å². The maximum atomic E-state index is 13.1. The fourth-order valence-electron chi connectivity index (χ4n) is 2.47. The van der Waals surface area contributed by atoms with Crippen LogP contribution in [0.5, 0.6) is 17.2 Å². The molecule has 0 bridgehead atoms. The van der Waals surface area contributed by atoms with Crippen molar-refractivity contribution in [2.45, 2.75) is 40.0 Å². The first kappa shape index (κ1) is 19.8. The summed E-state index contributed by atoms with van der Waals surface area (Å²) in [5.74, 6) is 1.76. The van der Waals surface area contributed by atoms with E-state index < -0.39 is 0 Å². The van der Waals surface area contributed by atoms with Gasteiger partial charge in [0.15, 0.2) is 5.78 Å². The second-order valence-corrected chi connectivity index (χ2v) is 6.03. The zero-order valence-electron chi connectivity index (χ0n) is 15.9. The molecular weight excluding hydrogens is 328 g/mol. The highest BCUT2D eigenvalue weighted by molar-refractivity contribution is 6.12. The number of hydrogen-bond acceptors (Lipinski definition) is 4. The van der Waals surface area contributed by atoms with E-state index >= 15 is 0 Å². The number of para-hydroxylation sites is 1. The van der Waals surface area contributed by atoms with E-state index in [-0.39, 0.29) is 5.78 Å². The van der Waals surface area contributed by atoms with Gasteiger partial charge in [0, 0.05) is 6.07 Å². The summed E-state index contributed by atoms with van der Waals surface area (Å²) < 4.78 is 17.2. The summed E-state index contributed by atoms with van der Waals surface area (Å²) in [5, 5.41) is 0. The van der Waals surface area contributed by atoms with E-state index in [4.69, 9.17) is 14.2 Å². The van der Waals surface area contributed by atoms with Crippen molar-refractivity contribution >= 4 is 5.78 Å². The Morgan fingerprint density at radius 2 is 1.31 bits per heavy atom. The predicted octanol–water partition coefficient (Wildman–Crippen LogP) is 5.28. The van der Waals surface area contributed by atoms with Crippen LogP contribution < -0.4 is 14.2 Å². The van der Waals surface area contributed by atoms with Crippen molar-refractivity contribution in [3.8, 4) is 17.2 Å². The number of ether oxygens (including phenoxy) is 3. The Hall–Kier alpha value is -2.49. The summed E-state index contributed by atoms with van der Waals surface area (Å²) in [6, 6.07) is 12.7. The third-order valence-electron chi connectivity index (χ3n) is 3.73. The molecule has 0 aromatic heterocycles. The van der Waals surface area contributed by atoms with Crippen LogP contribution in [-0.4, -0.2) is 25.6 Å². The van der Waals surface area contributed by atoms with Gasteiger partial charge in [-0.1, -0.05) is 32.9 Å². The van der Waals surface area contributed by atoms with E-state index in [1.165, 1.54) is 0 Å². The molecule has 0 heterocycles. The molecule has 140 valence electrons. The highest BCUT2D eigenvalue weighted by Crippen LogP contribution is 2.30. The minimum atomic E-state index is -0.107. The lowest BCUT2D eigenvalue weighted by Gasteiger charge is -2.14. The minimum Gasteiger partial charge on any atom is -0.493 e. The molecule has 2 aromatic carbocycles. The van der Waals surface area contributed by atoms with Crippen molar-refractivity contribution in [1.29, 1.82) is 0 Å². The van der Waals surface area contributed by atoms with Gasteiger partial charge in [0.05, 0.1) is 30.9 Å². The van der Waals surface area contributed by atoms with Crippen LogP contribution in [0.3, 0.4) is 0 Å². The summed E-state index contributed by atoms with van der Waals surface area (Å²) in [4.78, 5) is 13.1. The van der Waals surface area contributed by atoms with Gasteiger partial charge in [-0.05, 0) is 43.5 Å². The second kappa shape index (κ2) is 10.5. The zero-order chi connectivity index (χ0) is 18.8. The van der Waals surface area contributed by atoms with Gasteiger partial charge in [-0.2, -0.15) is 0 Å². The Balaban J connectivity index is 2.35. The van der Waals surface area contributed by atoms with Crippen molar-refractivity contribution in [2.24, 2.45) is 0 Å². The van der Waals surface area contributed by atoms with Gasteiger partial charge in [-0.3, -0.25) is 4.79 Å². The summed E-state index contributed by atoms with van der Waals surface area (Å²) in [7, 11) is 0. The lowest BCUT2D eigenvalue weighted by atomic mass is 10.0. The summed E-state index contributed by atoms with van der Waals surface area (Å²) >= 11 is 0. The first-order chi connectivity index (χ1) is 12.7. The average molecular weight is 356 g/mol. The predicted molar refractivity (Wildman–Crippen MR) is 104 cm³/mol. The molecule has 0 aliphatic rings. The second-order valence-electron chi connectivity index (χ2n) is 6.03. The Morgan fingerprint density at radius 1 is 0.731 bits per heavy atom. The lowest BCUT2D eigenvalue weighted by Crippen LogP contribution is -2.09. The Kier molecular flexibility index (Phi) is 8.00. The first-order valence-corrected chi connectivity index (χ1v) is 9.37. The van der Waals surface area contributed by atoms with Crippen molar-refractivity contribution in [2.75, 3.05) is 19.8 Å². The van der Waals surface area contributed by atoms with E-state index in [2.05, 4.69) is 6.92 Å². The number of benzene rings is 2. The van der Waals surface area contributed by atoms with Crippen LogP contribution in [-0.2, 0) is 0 Å². The van der Waals surface area contributed by atoms with Crippen molar-refractivity contribution in [3.05, 3.63) is 53.6 Å². The van der Waals surface area contributed by atoms with Crippen LogP contribution in [0.2, 0.25) is 0 Å². The Labute approximate surface area is 156 Å². The van der Waals surface area contributed by atoms with E-state index in [0.29, 0.717) is 48.2 Å². The van der Waals surface area contributed by atoms with E-state index in [0.717, 1.165) is 19.3 Å². The van der Waals surface area contributed by atoms with Gasteiger partial charge >= 0.3 is 0 Å². The fourth-order valence-corrected chi connectivity index (χ4v) is 2.47. The molecule has 26 heavy (non-hydrogen) atoms. The van der Waals surface area contributed by atoms with Crippen molar-refractivity contribution in [3.63, 3.8) is 0 Å². The van der Waals surface area contributed by atoms with Crippen LogP contribution in [0.1, 0.15) is 56.0 Å². The molecule has 0 atom stereocenters. The molecule has 0 aliphatic carbocycles. The number of hydrogen-bond donors (Lipinski definition) is 0. The molecule has 2 aromatic rings. The van der Waals surface area contributed by atoms with Crippen LogP contribution in [0, 0.1) is 0 Å². The van der Waals surface area contributed by atoms with Gasteiger partial charge in [0.25, 0.3) is 0 Å². The molecule has 0 aliphatic heterocycles. The molecule has 0 N–H and O–H groups in total. The number of carbonyl (C=O) groups is 1. The fraction of sp³-hybridized carbons (Fsp3) is 0.409. The SMILES string of the molecule is CCCOc1ccc(C(=O)c2ccccc2OCCC)c(OCCC)c1. The smallest absolute Gasteiger partial charge is 0.200 e.